The Morgan fingerprint density at radius 2 is 2.13 bits per heavy atom. The normalized spacial score (nSPS) is 13.1. The van der Waals surface area contributed by atoms with Crippen LogP contribution in [0, 0.1) is 6.92 Å². The Kier molecular flexibility index (Phi) is 2.40. The third-order valence-electron chi connectivity index (χ3n) is 2.59. The summed E-state index contributed by atoms with van der Waals surface area (Å²) in [5.41, 5.74) is 7.78. The third-order valence-corrected chi connectivity index (χ3v) is 2.59. The lowest BCUT2D eigenvalue weighted by molar-refractivity contribution is 0.415. The Hall–Kier alpha value is -1.48. The van der Waals surface area contributed by atoms with Crippen molar-refractivity contribution in [3.63, 3.8) is 0 Å². The van der Waals surface area contributed by atoms with E-state index in [-0.39, 0.29) is 6.04 Å². The molecule has 0 aliphatic carbocycles. The Morgan fingerprint density at radius 3 is 2.73 bits per heavy atom. The SMILES string of the molecule is COc1ccc2oc([C@@H](C)N)c(C)c2c1. The van der Waals surface area contributed by atoms with Gasteiger partial charge in [-0.15, -0.1) is 0 Å². The van der Waals surface area contributed by atoms with Crippen LogP contribution in [0.25, 0.3) is 11.0 Å². The van der Waals surface area contributed by atoms with Gasteiger partial charge < -0.3 is 14.9 Å². The van der Waals surface area contributed by atoms with Crippen LogP contribution in [-0.4, -0.2) is 7.11 Å². The molecule has 3 heteroatoms. The van der Waals surface area contributed by atoms with Crippen molar-refractivity contribution in [1.82, 2.24) is 0 Å². The first-order valence-electron chi connectivity index (χ1n) is 4.96. The van der Waals surface area contributed by atoms with E-state index in [0.29, 0.717) is 0 Å². The molecule has 0 fully saturated rings. The predicted molar refractivity (Wildman–Crippen MR) is 60.1 cm³/mol. The van der Waals surface area contributed by atoms with Crippen LogP contribution in [0.3, 0.4) is 0 Å². The summed E-state index contributed by atoms with van der Waals surface area (Å²) in [4.78, 5) is 0. The zero-order chi connectivity index (χ0) is 11.0. The van der Waals surface area contributed by atoms with Crippen LogP contribution < -0.4 is 10.5 Å². The van der Waals surface area contributed by atoms with E-state index in [2.05, 4.69) is 0 Å². The Balaban J connectivity index is 2.66. The second kappa shape index (κ2) is 3.59. The molecule has 0 spiro atoms. The lowest BCUT2D eigenvalue weighted by Crippen LogP contribution is -2.04. The maximum absolute atomic E-state index is 5.82. The van der Waals surface area contributed by atoms with Crippen molar-refractivity contribution in [3.05, 3.63) is 29.5 Å². The average Bonchev–Trinajstić information content (AvgIpc) is 2.56. The molecule has 0 aliphatic rings. The Labute approximate surface area is 88.8 Å². The van der Waals surface area contributed by atoms with E-state index in [1.54, 1.807) is 7.11 Å². The van der Waals surface area contributed by atoms with Gasteiger partial charge in [0.2, 0.25) is 0 Å². The average molecular weight is 205 g/mol. The number of furan rings is 1. The smallest absolute Gasteiger partial charge is 0.134 e. The van der Waals surface area contributed by atoms with Gasteiger partial charge in [-0.2, -0.15) is 0 Å². The molecule has 1 heterocycles. The largest absolute Gasteiger partial charge is 0.497 e. The fourth-order valence-electron chi connectivity index (χ4n) is 1.78. The molecule has 2 N–H and O–H groups in total. The summed E-state index contributed by atoms with van der Waals surface area (Å²) < 4.78 is 10.9. The van der Waals surface area contributed by atoms with E-state index in [4.69, 9.17) is 14.9 Å². The highest BCUT2D eigenvalue weighted by atomic mass is 16.5. The van der Waals surface area contributed by atoms with Crippen LogP contribution in [0.15, 0.2) is 22.6 Å². The number of hydrogen-bond acceptors (Lipinski definition) is 3. The standard InChI is InChI=1S/C12H15NO2/c1-7-10-6-9(14-3)4-5-11(10)15-12(7)8(2)13/h4-6,8H,13H2,1-3H3/t8-/m1/s1. The van der Waals surface area contributed by atoms with Crippen LogP contribution in [-0.2, 0) is 0 Å². The van der Waals surface area contributed by atoms with Gasteiger partial charge in [0, 0.05) is 10.9 Å². The van der Waals surface area contributed by atoms with Gasteiger partial charge in [0.25, 0.3) is 0 Å². The quantitative estimate of drug-likeness (QED) is 0.820. The van der Waals surface area contributed by atoms with Gasteiger partial charge in [0.15, 0.2) is 0 Å². The number of aryl methyl sites for hydroxylation is 1. The lowest BCUT2D eigenvalue weighted by atomic mass is 10.1. The van der Waals surface area contributed by atoms with Crippen LogP contribution in [0.2, 0.25) is 0 Å². The van der Waals surface area contributed by atoms with Crippen molar-refractivity contribution in [1.29, 1.82) is 0 Å². The van der Waals surface area contributed by atoms with E-state index in [1.165, 1.54) is 0 Å². The minimum atomic E-state index is -0.0802. The molecule has 0 aliphatic heterocycles. The summed E-state index contributed by atoms with van der Waals surface area (Å²) in [5.74, 6) is 1.68. The van der Waals surface area contributed by atoms with Gasteiger partial charge in [-0.25, -0.2) is 0 Å². The summed E-state index contributed by atoms with van der Waals surface area (Å²) in [5, 5.41) is 1.07. The number of methoxy groups -OCH3 is 1. The van der Waals surface area contributed by atoms with Gasteiger partial charge in [-0.1, -0.05) is 0 Å². The van der Waals surface area contributed by atoms with Gasteiger partial charge in [-0.05, 0) is 32.0 Å². The summed E-state index contributed by atoms with van der Waals surface area (Å²) in [7, 11) is 1.66. The molecule has 0 saturated heterocycles. The summed E-state index contributed by atoms with van der Waals surface area (Å²) in [6.45, 7) is 3.94. The highest BCUT2D eigenvalue weighted by Crippen LogP contribution is 2.30. The van der Waals surface area contributed by atoms with Crippen LogP contribution in [0.4, 0.5) is 0 Å². The second-order valence-corrected chi connectivity index (χ2v) is 3.74. The monoisotopic (exact) mass is 205 g/mol. The first-order chi connectivity index (χ1) is 7.13. The van der Waals surface area contributed by atoms with Crippen molar-refractivity contribution >= 4 is 11.0 Å². The molecule has 0 radical (unpaired) electrons. The van der Waals surface area contributed by atoms with Gasteiger partial charge in [0.05, 0.1) is 13.2 Å². The topological polar surface area (TPSA) is 48.4 Å². The Morgan fingerprint density at radius 1 is 1.40 bits per heavy atom. The summed E-state index contributed by atoms with van der Waals surface area (Å²) in [6, 6.07) is 5.69. The van der Waals surface area contributed by atoms with Crippen LogP contribution in [0.1, 0.15) is 24.3 Å². The molecule has 1 aromatic carbocycles. The van der Waals surface area contributed by atoms with E-state index in [9.17, 15) is 0 Å². The van der Waals surface area contributed by atoms with E-state index < -0.39 is 0 Å². The fourth-order valence-corrected chi connectivity index (χ4v) is 1.78. The van der Waals surface area contributed by atoms with Crippen LogP contribution >= 0.6 is 0 Å². The zero-order valence-electron chi connectivity index (χ0n) is 9.20. The first-order valence-corrected chi connectivity index (χ1v) is 4.96. The summed E-state index contributed by atoms with van der Waals surface area (Å²) >= 11 is 0. The molecule has 3 nitrogen and oxygen atoms in total. The number of fused-ring (bicyclic) bond motifs is 1. The molecule has 1 atom stereocenters. The lowest BCUT2D eigenvalue weighted by Gasteiger charge is -2.00. The van der Waals surface area contributed by atoms with E-state index in [1.807, 2.05) is 32.0 Å². The third kappa shape index (κ3) is 1.59. The highest BCUT2D eigenvalue weighted by Gasteiger charge is 2.13. The molecular formula is C12H15NO2. The Bertz CT molecular complexity index is 486. The zero-order valence-corrected chi connectivity index (χ0v) is 9.20. The number of nitrogens with two attached hydrogens (primary N) is 1. The van der Waals surface area contributed by atoms with Gasteiger partial charge in [-0.3, -0.25) is 0 Å². The van der Waals surface area contributed by atoms with Crippen molar-refractivity contribution < 1.29 is 9.15 Å². The molecule has 15 heavy (non-hydrogen) atoms. The molecule has 0 saturated carbocycles. The molecule has 2 aromatic rings. The number of rotatable bonds is 2. The molecule has 0 amide bonds. The minimum Gasteiger partial charge on any atom is -0.497 e. The molecule has 80 valence electrons. The molecule has 0 bridgehead atoms. The van der Waals surface area contributed by atoms with Crippen molar-refractivity contribution in [2.75, 3.05) is 7.11 Å². The highest BCUT2D eigenvalue weighted by molar-refractivity contribution is 5.83. The van der Waals surface area contributed by atoms with Crippen molar-refractivity contribution in [2.45, 2.75) is 19.9 Å². The number of hydrogen-bond donors (Lipinski definition) is 1. The molecule has 0 unspecified atom stereocenters. The molecule has 1 aromatic heterocycles. The van der Waals surface area contributed by atoms with Gasteiger partial charge in [0.1, 0.15) is 17.1 Å². The second-order valence-electron chi connectivity index (χ2n) is 3.74. The summed E-state index contributed by atoms with van der Waals surface area (Å²) in [6.07, 6.45) is 0. The van der Waals surface area contributed by atoms with Crippen LogP contribution in [0.5, 0.6) is 5.75 Å². The van der Waals surface area contributed by atoms with Crippen molar-refractivity contribution in [2.24, 2.45) is 5.73 Å². The van der Waals surface area contributed by atoms with Crippen molar-refractivity contribution in [3.8, 4) is 5.75 Å². The maximum Gasteiger partial charge on any atom is 0.134 e. The van der Waals surface area contributed by atoms with Gasteiger partial charge >= 0.3 is 0 Å². The minimum absolute atomic E-state index is 0.0802. The molecular weight excluding hydrogens is 190 g/mol. The van der Waals surface area contributed by atoms with E-state index in [0.717, 1.165) is 28.0 Å². The molecule has 2 rings (SSSR count). The first kappa shape index (κ1) is 10.1. The fraction of sp³-hybridized carbons (Fsp3) is 0.333. The van der Waals surface area contributed by atoms with E-state index >= 15 is 0 Å². The predicted octanol–water partition coefficient (Wildman–Crippen LogP) is 2.77. The number of ether oxygens (including phenoxy) is 1. The maximum atomic E-state index is 5.82. The number of benzene rings is 1.